The van der Waals surface area contributed by atoms with Crippen LogP contribution in [0.5, 0.6) is 11.5 Å². The summed E-state index contributed by atoms with van der Waals surface area (Å²) in [5, 5.41) is 4.26. The van der Waals surface area contributed by atoms with Crippen molar-refractivity contribution in [3.05, 3.63) is 57.2 Å². The maximum absolute atomic E-state index is 12.7. The van der Waals surface area contributed by atoms with E-state index in [0.29, 0.717) is 13.0 Å². The molecule has 1 N–H and O–H groups in total. The van der Waals surface area contributed by atoms with E-state index in [1.807, 2.05) is 42.5 Å². The first-order valence-corrected chi connectivity index (χ1v) is 13.0. The standard InChI is InChI=1S/C27H31IN2O3/c1-32-25-7-2-18(11-22(25)17-33-24-5-3-23(28)4-6-24)16-29-30-26(31)15-27-12-19-8-20(13-27)10-21(9-19)14-27/h2-7,11,16,19-21H,8-10,12-15,17H2,1H3,(H,30,31)/b29-16+. The van der Waals surface area contributed by atoms with E-state index in [1.54, 1.807) is 13.3 Å². The van der Waals surface area contributed by atoms with Gasteiger partial charge in [0, 0.05) is 15.6 Å². The third kappa shape index (κ3) is 5.36. The summed E-state index contributed by atoms with van der Waals surface area (Å²) in [6.07, 6.45) is 10.2. The van der Waals surface area contributed by atoms with E-state index in [4.69, 9.17) is 9.47 Å². The Kier molecular flexibility index (Phi) is 6.63. The number of halogens is 1. The summed E-state index contributed by atoms with van der Waals surface area (Å²) in [7, 11) is 1.65. The molecule has 4 aliphatic rings. The van der Waals surface area contributed by atoms with Crippen molar-refractivity contribution in [3.8, 4) is 11.5 Å². The van der Waals surface area contributed by atoms with Crippen molar-refractivity contribution in [1.29, 1.82) is 0 Å². The van der Waals surface area contributed by atoms with Crippen LogP contribution in [0.15, 0.2) is 47.6 Å². The van der Waals surface area contributed by atoms with Crippen LogP contribution >= 0.6 is 22.6 Å². The molecule has 1 amide bonds. The van der Waals surface area contributed by atoms with Gasteiger partial charge >= 0.3 is 0 Å². The van der Waals surface area contributed by atoms with Gasteiger partial charge in [-0.3, -0.25) is 4.79 Å². The Morgan fingerprint density at radius 1 is 1.09 bits per heavy atom. The summed E-state index contributed by atoms with van der Waals surface area (Å²) in [4.78, 5) is 12.7. The molecule has 0 aromatic heterocycles. The first-order valence-electron chi connectivity index (χ1n) is 11.9. The summed E-state index contributed by atoms with van der Waals surface area (Å²) >= 11 is 2.27. The Balaban J connectivity index is 1.18. The number of carbonyl (C=O) groups excluding carboxylic acids is 1. The molecule has 4 saturated carbocycles. The highest BCUT2D eigenvalue weighted by Crippen LogP contribution is 2.61. The van der Waals surface area contributed by atoms with Crippen LogP contribution in [0.4, 0.5) is 0 Å². The average molecular weight is 558 g/mol. The quantitative estimate of drug-likeness (QED) is 0.248. The molecule has 33 heavy (non-hydrogen) atoms. The normalized spacial score (nSPS) is 27.6. The Hall–Kier alpha value is -2.09. The second-order valence-electron chi connectivity index (χ2n) is 10.2. The van der Waals surface area contributed by atoms with Crippen molar-refractivity contribution in [2.75, 3.05) is 7.11 Å². The zero-order chi connectivity index (χ0) is 22.8. The minimum absolute atomic E-state index is 0.0454. The number of carbonyl (C=O) groups is 1. The average Bonchev–Trinajstić information content (AvgIpc) is 2.77. The maximum atomic E-state index is 12.7. The number of hydrazone groups is 1. The van der Waals surface area contributed by atoms with Gasteiger partial charge in [0.2, 0.25) is 5.91 Å². The van der Waals surface area contributed by atoms with Gasteiger partial charge in [-0.2, -0.15) is 5.10 Å². The van der Waals surface area contributed by atoms with Gasteiger partial charge < -0.3 is 9.47 Å². The van der Waals surface area contributed by atoms with Crippen LogP contribution in [-0.4, -0.2) is 19.2 Å². The molecule has 2 aromatic carbocycles. The minimum atomic E-state index is 0.0454. The molecule has 0 atom stereocenters. The van der Waals surface area contributed by atoms with Crippen molar-refractivity contribution < 1.29 is 14.3 Å². The number of hydrogen-bond acceptors (Lipinski definition) is 4. The van der Waals surface area contributed by atoms with E-state index in [0.717, 1.165) is 40.4 Å². The molecule has 5 nitrogen and oxygen atoms in total. The van der Waals surface area contributed by atoms with Crippen molar-refractivity contribution in [3.63, 3.8) is 0 Å². The number of benzene rings is 2. The Morgan fingerprint density at radius 3 is 2.39 bits per heavy atom. The van der Waals surface area contributed by atoms with Crippen molar-refractivity contribution >= 4 is 34.7 Å². The number of ether oxygens (including phenoxy) is 2. The van der Waals surface area contributed by atoms with E-state index < -0.39 is 0 Å². The van der Waals surface area contributed by atoms with Crippen LogP contribution in [0.2, 0.25) is 0 Å². The molecule has 6 rings (SSSR count). The molecule has 4 aliphatic carbocycles. The Labute approximate surface area is 209 Å². The zero-order valence-corrected chi connectivity index (χ0v) is 21.2. The van der Waals surface area contributed by atoms with Gasteiger partial charge in [0.15, 0.2) is 0 Å². The fourth-order valence-corrected chi connectivity index (χ4v) is 7.11. The van der Waals surface area contributed by atoms with Crippen LogP contribution < -0.4 is 14.9 Å². The van der Waals surface area contributed by atoms with Crippen molar-refractivity contribution in [2.24, 2.45) is 28.3 Å². The molecule has 2 aromatic rings. The lowest BCUT2D eigenvalue weighted by Gasteiger charge is -2.56. The molecule has 0 radical (unpaired) electrons. The summed E-state index contributed by atoms with van der Waals surface area (Å²) in [6, 6.07) is 13.8. The van der Waals surface area contributed by atoms with Crippen LogP contribution in [-0.2, 0) is 11.4 Å². The first kappa shape index (κ1) is 22.7. The highest BCUT2D eigenvalue weighted by molar-refractivity contribution is 14.1. The summed E-state index contributed by atoms with van der Waals surface area (Å²) in [5.41, 5.74) is 4.84. The van der Waals surface area contributed by atoms with E-state index in [-0.39, 0.29) is 11.3 Å². The van der Waals surface area contributed by atoms with Crippen LogP contribution in [0.3, 0.4) is 0 Å². The van der Waals surface area contributed by atoms with Crippen molar-refractivity contribution in [1.82, 2.24) is 5.43 Å². The predicted molar refractivity (Wildman–Crippen MR) is 137 cm³/mol. The van der Waals surface area contributed by atoms with Gasteiger partial charge in [-0.05, 0) is 132 Å². The van der Waals surface area contributed by atoms with Crippen LogP contribution in [0, 0.1) is 26.7 Å². The van der Waals surface area contributed by atoms with Gasteiger partial charge in [0.05, 0.1) is 13.3 Å². The largest absolute Gasteiger partial charge is 0.496 e. The number of rotatable bonds is 8. The minimum Gasteiger partial charge on any atom is -0.496 e. The fraction of sp³-hybridized carbons (Fsp3) is 0.481. The second-order valence-corrected chi connectivity index (χ2v) is 11.4. The Morgan fingerprint density at radius 2 is 1.76 bits per heavy atom. The summed E-state index contributed by atoms with van der Waals surface area (Å²) < 4.78 is 12.6. The molecule has 6 heteroatoms. The molecule has 4 bridgehead atoms. The van der Waals surface area contributed by atoms with Gasteiger partial charge in [-0.15, -0.1) is 0 Å². The molecule has 0 saturated heterocycles. The number of methoxy groups -OCH3 is 1. The third-order valence-corrected chi connectivity index (χ3v) is 8.34. The molecule has 0 spiro atoms. The lowest BCUT2D eigenvalue weighted by atomic mass is 9.49. The third-order valence-electron chi connectivity index (χ3n) is 7.62. The topological polar surface area (TPSA) is 59.9 Å². The monoisotopic (exact) mass is 558 g/mol. The lowest BCUT2D eigenvalue weighted by Crippen LogP contribution is -2.47. The highest BCUT2D eigenvalue weighted by atomic mass is 127. The second kappa shape index (κ2) is 9.65. The van der Waals surface area contributed by atoms with Crippen molar-refractivity contribution in [2.45, 2.75) is 51.6 Å². The predicted octanol–water partition coefficient (Wildman–Crippen LogP) is 5.94. The first-order chi connectivity index (χ1) is 16.0. The summed E-state index contributed by atoms with van der Waals surface area (Å²) in [5.74, 6) is 4.19. The Bertz CT molecular complexity index is 999. The molecular formula is C27H31IN2O3. The van der Waals surface area contributed by atoms with Gasteiger partial charge in [0.1, 0.15) is 18.1 Å². The number of nitrogens with one attached hydrogen (secondary N) is 1. The van der Waals surface area contributed by atoms with Crippen LogP contribution in [0.25, 0.3) is 0 Å². The molecule has 0 aliphatic heterocycles. The van der Waals surface area contributed by atoms with E-state index >= 15 is 0 Å². The number of amides is 1. The fourth-order valence-electron chi connectivity index (χ4n) is 6.75. The molecular weight excluding hydrogens is 527 g/mol. The highest BCUT2D eigenvalue weighted by Gasteiger charge is 2.51. The van der Waals surface area contributed by atoms with Crippen LogP contribution in [0.1, 0.15) is 56.1 Å². The lowest BCUT2D eigenvalue weighted by molar-refractivity contribution is -0.129. The van der Waals surface area contributed by atoms with E-state index in [2.05, 4.69) is 33.1 Å². The van der Waals surface area contributed by atoms with Gasteiger partial charge in [0.25, 0.3) is 0 Å². The zero-order valence-electron chi connectivity index (χ0n) is 19.1. The van der Waals surface area contributed by atoms with E-state index in [9.17, 15) is 4.79 Å². The SMILES string of the molecule is COc1ccc(/C=N/NC(=O)CC23CC4CC(CC(C4)C2)C3)cc1COc1ccc(I)cc1. The van der Waals surface area contributed by atoms with Gasteiger partial charge in [-0.1, -0.05) is 0 Å². The number of hydrogen-bond donors (Lipinski definition) is 1. The molecule has 0 heterocycles. The molecule has 0 unspecified atom stereocenters. The molecule has 4 fully saturated rings. The summed E-state index contributed by atoms with van der Waals surface area (Å²) in [6.45, 7) is 0.393. The molecule has 174 valence electrons. The number of nitrogens with zero attached hydrogens (tertiary/aromatic N) is 1. The van der Waals surface area contributed by atoms with E-state index in [1.165, 1.54) is 42.1 Å². The van der Waals surface area contributed by atoms with Gasteiger partial charge in [-0.25, -0.2) is 5.43 Å². The maximum Gasteiger partial charge on any atom is 0.240 e. The smallest absolute Gasteiger partial charge is 0.240 e.